The van der Waals surface area contributed by atoms with Gasteiger partial charge in [0.1, 0.15) is 22.2 Å². The van der Waals surface area contributed by atoms with Crippen LogP contribution in [0.5, 0.6) is 23.0 Å². The first kappa shape index (κ1) is 24.2. The number of nitrogens with zero attached hydrogens (tertiary/aromatic N) is 2. The second-order valence-corrected chi connectivity index (χ2v) is 6.83. The summed E-state index contributed by atoms with van der Waals surface area (Å²) in [4.78, 5) is 24.9. The highest BCUT2D eigenvalue weighted by atomic mass is 35.5. The zero-order valence-corrected chi connectivity index (χ0v) is 19.0. The molecule has 2 aromatic carbocycles. The first-order valence-electron chi connectivity index (χ1n) is 8.81. The largest absolute Gasteiger partial charge is 0.497 e. The van der Waals surface area contributed by atoms with E-state index < -0.39 is 17.7 Å². The molecule has 0 aliphatic heterocycles. The Morgan fingerprint density at radius 3 is 2.19 bits per heavy atom. The maximum Gasteiger partial charge on any atom is 0.258 e. The number of methoxy groups -OCH3 is 4. The van der Waals surface area contributed by atoms with Crippen LogP contribution in [0.2, 0.25) is 10.0 Å². The van der Waals surface area contributed by atoms with Gasteiger partial charge in [0.15, 0.2) is 17.3 Å². The minimum absolute atomic E-state index is 0.182. The van der Waals surface area contributed by atoms with Gasteiger partial charge < -0.3 is 24.3 Å². The zero-order chi connectivity index (χ0) is 23.1. The van der Waals surface area contributed by atoms with Gasteiger partial charge in [0.05, 0.1) is 39.1 Å². The molecule has 31 heavy (non-hydrogen) atoms. The van der Waals surface area contributed by atoms with E-state index in [1.165, 1.54) is 53.6 Å². The van der Waals surface area contributed by atoms with E-state index in [0.29, 0.717) is 11.5 Å². The van der Waals surface area contributed by atoms with Crippen molar-refractivity contribution in [3.63, 3.8) is 0 Å². The van der Waals surface area contributed by atoms with E-state index in [1.807, 2.05) is 0 Å². The molecular weight excluding hydrogens is 449 g/mol. The van der Waals surface area contributed by atoms with Crippen LogP contribution in [-0.2, 0) is 9.59 Å². The number of rotatable bonds is 9. The number of ether oxygens (including phenoxy) is 4. The molecule has 11 heteroatoms. The summed E-state index contributed by atoms with van der Waals surface area (Å²) in [6.45, 7) is 1.22. The molecule has 0 spiro atoms. The number of Topliss-reactive ketones (excluding diaryl/α,β-unsaturated/α-hetero) is 1. The quantitative estimate of drug-likeness (QED) is 0.420. The van der Waals surface area contributed by atoms with Crippen LogP contribution in [0.1, 0.15) is 6.92 Å². The Morgan fingerprint density at radius 1 is 0.968 bits per heavy atom. The summed E-state index contributed by atoms with van der Waals surface area (Å²) in [6.07, 6.45) is 0. The molecule has 166 valence electrons. The molecule has 0 radical (unpaired) electrons. The van der Waals surface area contributed by atoms with Crippen LogP contribution in [0.3, 0.4) is 0 Å². The number of hydrogen-bond acceptors (Lipinski definition) is 8. The van der Waals surface area contributed by atoms with Crippen LogP contribution < -0.4 is 24.3 Å². The van der Waals surface area contributed by atoms with Crippen LogP contribution in [0.4, 0.5) is 11.4 Å². The zero-order valence-electron chi connectivity index (χ0n) is 17.5. The molecule has 0 aliphatic carbocycles. The van der Waals surface area contributed by atoms with Crippen LogP contribution in [0.15, 0.2) is 34.5 Å². The molecule has 0 aromatic heterocycles. The van der Waals surface area contributed by atoms with Crippen LogP contribution in [0.25, 0.3) is 0 Å². The Labute approximate surface area is 189 Å². The third-order valence-corrected chi connectivity index (χ3v) is 4.73. The lowest BCUT2D eigenvalue weighted by Gasteiger charge is -2.15. The highest BCUT2D eigenvalue weighted by Crippen LogP contribution is 2.41. The number of carbonyl (C=O) groups excluding carboxylic acids is 2. The molecule has 1 N–H and O–H groups in total. The summed E-state index contributed by atoms with van der Waals surface area (Å²) in [5.41, 5.74) is 0.428. The third-order valence-electron chi connectivity index (χ3n) is 4.09. The van der Waals surface area contributed by atoms with E-state index in [4.69, 9.17) is 42.1 Å². The lowest BCUT2D eigenvalue weighted by Crippen LogP contribution is -2.32. The van der Waals surface area contributed by atoms with Gasteiger partial charge in [-0.15, -0.1) is 0 Å². The van der Waals surface area contributed by atoms with E-state index in [9.17, 15) is 9.59 Å². The van der Waals surface area contributed by atoms with Crippen LogP contribution in [-0.4, -0.2) is 46.2 Å². The van der Waals surface area contributed by atoms with E-state index in [0.717, 1.165) is 0 Å². The third kappa shape index (κ3) is 5.56. The number of carbonyl (C=O) groups is 2. The molecule has 0 heterocycles. The number of nitrogens with one attached hydrogen (secondary N) is 1. The number of hydrogen-bond donors (Lipinski definition) is 1. The van der Waals surface area contributed by atoms with Gasteiger partial charge in [-0.05, 0) is 19.1 Å². The number of halogens is 2. The summed E-state index contributed by atoms with van der Waals surface area (Å²) in [5.74, 6) is -0.113. The second-order valence-electron chi connectivity index (χ2n) is 6.04. The van der Waals surface area contributed by atoms with Gasteiger partial charge in [-0.2, -0.15) is 10.2 Å². The minimum Gasteiger partial charge on any atom is -0.497 e. The van der Waals surface area contributed by atoms with Crippen molar-refractivity contribution >= 4 is 46.3 Å². The van der Waals surface area contributed by atoms with E-state index >= 15 is 0 Å². The van der Waals surface area contributed by atoms with Gasteiger partial charge in [-0.1, -0.05) is 23.2 Å². The average Bonchev–Trinajstić information content (AvgIpc) is 2.73. The van der Waals surface area contributed by atoms with Crippen LogP contribution >= 0.6 is 23.2 Å². The first-order chi connectivity index (χ1) is 14.8. The fourth-order valence-electron chi connectivity index (χ4n) is 2.58. The lowest BCUT2D eigenvalue weighted by atomic mass is 10.2. The molecule has 2 aromatic rings. The number of azo groups is 1. The number of amides is 1. The molecule has 1 unspecified atom stereocenters. The Balaban J connectivity index is 2.36. The molecule has 1 atom stereocenters. The Kier molecular flexibility index (Phi) is 8.47. The first-order valence-corrected chi connectivity index (χ1v) is 9.57. The topological polar surface area (TPSA) is 108 Å². The van der Waals surface area contributed by atoms with Gasteiger partial charge in [0.2, 0.25) is 6.04 Å². The standard InChI is InChI=1S/C20H21Cl2N3O6/c1-10(26)17(25-24-13-6-7-15(29-3)16(22)19(13)31-5)20(27)23-14-9-11(28-2)8-12(21)18(14)30-4/h6-9,17H,1-5H3,(H,23,27). The van der Waals surface area contributed by atoms with E-state index in [-0.39, 0.29) is 32.9 Å². The summed E-state index contributed by atoms with van der Waals surface area (Å²) in [7, 11) is 5.69. The predicted molar refractivity (Wildman–Crippen MR) is 117 cm³/mol. The van der Waals surface area contributed by atoms with Gasteiger partial charge >= 0.3 is 0 Å². The van der Waals surface area contributed by atoms with Crippen molar-refractivity contribution in [2.24, 2.45) is 10.2 Å². The number of benzene rings is 2. The van der Waals surface area contributed by atoms with Crippen LogP contribution in [0, 0.1) is 0 Å². The SMILES string of the molecule is COc1cc(Cl)c(OC)c(NC(=O)C(N=Nc2ccc(OC)c(Cl)c2OC)C(C)=O)c1. The van der Waals surface area contributed by atoms with Crippen molar-refractivity contribution in [3.05, 3.63) is 34.3 Å². The molecule has 2 rings (SSSR count). The fourth-order valence-corrected chi connectivity index (χ4v) is 3.19. The molecule has 0 saturated heterocycles. The molecular formula is C20H21Cl2N3O6. The second kappa shape index (κ2) is 10.8. The Morgan fingerprint density at radius 2 is 1.65 bits per heavy atom. The van der Waals surface area contributed by atoms with Gasteiger partial charge in [-0.25, -0.2) is 0 Å². The highest BCUT2D eigenvalue weighted by molar-refractivity contribution is 6.34. The average molecular weight is 470 g/mol. The monoisotopic (exact) mass is 469 g/mol. The molecule has 9 nitrogen and oxygen atoms in total. The maximum absolute atomic E-state index is 12.8. The minimum atomic E-state index is -1.44. The van der Waals surface area contributed by atoms with Crippen molar-refractivity contribution in [3.8, 4) is 23.0 Å². The smallest absolute Gasteiger partial charge is 0.258 e. The predicted octanol–water partition coefficient (Wildman–Crippen LogP) is 4.71. The Hall–Kier alpha value is -3.04. The number of ketones is 1. The van der Waals surface area contributed by atoms with Gasteiger partial charge in [-0.3, -0.25) is 9.59 Å². The molecule has 0 saturated carbocycles. The van der Waals surface area contributed by atoms with Gasteiger partial charge in [0.25, 0.3) is 5.91 Å². The highest BCUT2D eigenvalue weighted by Gasteiger charge is 2.25. The maximum atomic E-state index is 12.8. The van der Waals surface area contributed by atoms with E-state index in [2.05, 4.69) is 15.5 Å². The Bertz CT molecular complexity index is 1010. The summed E-state index contributed by atoms with van der Waals surface area (Å²) in [6, 6.07) is 4.68. The van der Waals surface area contributed by atoms with Crippen molar-refractivity contribution in [2.75, 3.05) is 33.8 Å². The molecule has 0 fully saturated rings. The normalized spacial score (nSPS) is 11.7. The fraction of sp³-hybridized carbons (Fsp3) is 0.300. The lowest BCUT2D eigenvalue weighted by molar-refractivity contribution is -0.126. The van der Waals surface area contributed by atoms with E-state index in [1.54, 1.807) is 6.07 Å². The van der Waals surface area contributed by atoms with Crippen molar-refractivity contribution in [1.82, 2.24) is 0 Å². The summed E-state index contributed by atoms with van der Waals surface area (Å²) in [5, 5.41) is 10.9. The molecule has 0 aliphatic rings. The van der Waals surface area contributed by atoms with Gasteiger partial charge in [0, 0.05) is 12.1 Å². The summed E-state index contributed by atoms with van der Waals surface area (Å²) >= 11 is 12.4. The molecule has 0 bridgehead atoms. The molecule has 1 amide bonds. The van der Waals surface area contributed by atoms with Crippen molar-refractivity contribution in [2.45, 2.75) is 13.0 Å². The van der Waals surface area contributed by atoms with Crippen molar-refractivity contribution in [1.29, 1.82) is 0 Å². The number of anilines is 1. The van der Waals surface area contributed by atoms with Crippen molar-refractivity contribution < 1.29 is 28.5 Å². The summed E-state index contributed by atoms with van der Waals surface area (Å²) < 4.78 is 20.7.